The van der Waals surface area contributed by atoms with Gasteiger partial charge in [0, 0.05) is 32.3 Å². The second-order valence-corrected chi connectivity index (χ2v) is 18.7. The number of hydrogen-bond acceptors (Lipinski definition) is 10. The smallest absolute Gasteiger partial charge is 0.407 e. The van der Waals surface area contributed by atoms with E-state index in [1.54, 1.807) is 25.5 Å². The number of amides is 1. The van der Waals surface area contributed by atoms with Gasteiger partial charge in [0.05, 0.1) is 50.4 Å². The van der Waals surface area contributed by atoms with Crippen LogP contribution in [0.3, 0.4) is 0 Å². The van der Waals surface area contributed by atoms with Crippen molar-refractivity contribution in [3.8, 4) is 5.75 Å². The van der Waals surface area contributed by atoms with Crippen molar-refractivity contribution in [2.24, 2.45) is 11.8 Å². The topological polar surface area (TPSA) is 153 Å². The van der Waals surface area contributed by atoms with Gasteiger partial charge in [0.25, 0.3) is 0 Å². The molecule has 1 amide bonds. The van der Waals surface area contributed by atoms with Crippen LogP contribution in [0.25, 0.3) is 0 Å². The third-order valence-electron chi connectivity index (χ3n) is 8.30. The SMILES string of the molecule is COc1ccc(S(=O)(=O)N(CC(C)C)C[C@@H](O)[C@H](Cc2ccc(CNCCP(C)(C)=O)cc2)NC(=O)O[C@H]2CO[C@H]3OCC[C@H]32)cc1. The normalized spacial score (nSPS) is 21.1. The van der Waals surface area contributed by atoms with Crippen LogP contribution in [-0.4, -0.2) is 108 Å². The van der Waals surface area contributed by atoms with Gasteiger partial charge < -0.3 is 39.3 Å². The monoisotopic (exact) mass is 695 g/mol. The molecular weight excluding hydrogens is 645 g/mol. The molecule has 4 rings (SSSR count). The summed E-state index contributed by atoms with van der Waals surface area (Å²) >= 11 is 0. The first kappa shape index (κ1) is 37.3. The number of aliphatic hydroxyl groups excluding tert-OH is 1. The van der Waals surface area contributed by atoms with Crippen molar-refractivity contribution < 1.29 is 41.8 Å². The molecule has 0 saturated carbocycles. The lowest BCUT2D eigenvalue weighted by Crippen LogP contribution is -2.51. The number of sulfonamides is 1. The van der Waals surface area contributed by atoms with E-state index in [9.17, 15) is 22.9 Å². The molecule has 12 nitrogen and oxygen atoms in total. The van der Waals surface area contributed by atoms with Crippen molar-refractivity contribution in [2.75, 3.05) is 59.4 Å². The van der Waals surface area contributed by atoms with E-state index in [-0.39, 0.29) is 49.1 Å². The molecule has 0 radical (unpaired) electrons. The van der Waals surface area contributed by atoms with E-state index in [1.807, 2.05) is 38.1 Å². The second-order valence-electron chi connectivity index (χ2n) is 13.2. The largest absolute Gasteiger partial charge is 0.497 e. The third kappa shape index (κ3) is 11.0. The summed E-state index contributed by atoms with van der Waals surface area (Å²) in [5, 5.41) is 17.7. The molecule has 0 spiro atoms. The maximum Gasteiger partial charge on any atom is 0.407 e. The summed E-state index contributed by atoms with van der Waals surface area (Å²) in [6.07, 6.45) is -1.27. The summed E-state index contributed by atoms with van der Waals surface area (Å²) in [6, 6.07) is 13.0. The van der Waals surface area contributed by atoms with Crippen molar-refractivity contribution in [3.05, 3.63) is 59.7 Å². The summed E-state index contributed by atoms with van der Waals surface area (Å²) in [4.78, 5) is 13.3. The Kier molecular flexibility index (Phi) is 13.3. The highest BCUT2D eigenvalue weighted by molar-refractivity contribution is 7.89. The van der Waals surface area contributed by atoms with Gasteiger partial charge in [-0.1, -0.05) is 38.1 Å². The summed E-state index contributed by atoms with van der Waals surface area (Å²) in [5.74, 6) is 0.446. The Bertz CT molecular complexity index is 1450. The number of ether oxygens (including phenoxy) is 4. The van der Waals surface area contributed by atoms with Gasteiger partial charge in [-0.05, 0) is 67.5 Å². The molecule has 2 saturated heterocycles. The van der Waals surface area contributed by atoms with Crippen molar-refractivity contribution in [1.82, 2.24) is 14.9 Å². The van der Waals surface area contributed by atoms with Crippen molar-refractivity contribution in [1.29, 1.82) is 0 Å². The first-order valence-corrected chi connectivity index (χ1v) is 20.3. The fourth-order valence-corrected chi connectivity index (χ4v) is 8.01. The van der Waals surface area contributed by atoms with E-state index >= 15 is 0 Å². The average Bonchev–Trinajstić information content (AvgIpc) is 3.64. The van der Waals surface area contributed by atoms with E-state index < -0.39 is 41.5 Å². The van der Waals surface area contributed by atoms with Crippen LogP contribution in [0, 0.1) is 11.8 Å². The molecule has 3 N–H and O–H groups in total. The van der Waals surface area contributed by atoms with Crippen LogP contribution in [0.1, 0.15) is 31.4 Å². The number of alkyl carbamates (subject to hydrolysis) is 1. The number of aliphatic hydroxyl groups is 1. The van der Waals surface area contributed by atoms with Gasteiger partial charge in [-0.2, -0.15) is 4.31 Å². The predicted molar refractivity (Wildman–Crippen MR) is 180 cm³/mol. The molecule has 5 atom stereocenters. The van der Waals surface area contributed by atoms with Crippen molar-refractivity contribution in [3.63, 3.8) is 0 Å². The van der Waals surface area contributed by atoms with Gasteiger partial charge >= 0.3 is 6.09 Å². The lowest BCUT2D eigenvalue weighted by molar-refractivity contribution is -0.0907. The molecular formula is C33H50N3O9PS. The number of carbonyl (C=O) groups excluding carboxylic acids is 1. The number of hydrogen-bond donors (Lipinski definition) is 3. The van der Waals surface area contributed by atoms with Gasteiger partial charge in [-0.3, -0.25) is 0 Å². The molecule has 0 bridgehead atoms. The first-order chi connectivity index (χ1) is 22.2. The fraction of sp³-hybridized carbons (Fsp3) is 0.606. The van der Waals surface area contributed by atoms with Gasteiger partial charge in [-0.25, -0.2) is 13.2 Å². The Balaban J connectivity index is 1.49. The number of rotatable bonds is 17. The van der Waals surface area contributed by atoms with Crippen LogP contribution in [0.15, 0.2) is 53.4 Å². The number of benzene rings is 2. The van der Waals surface area contributed by atoms with Gasteiger partial charge in [0.2, 0.25) is 10.0 Å². The van der Waals surface area contributed by atoms with Crippen LogP contribution in [0.2, 0.25) is 0 Å². The maximum atomic E-state index is 13.8. The molecule has 0 aliphatic carbocycles. The Morgan fingerprint density at radius 3 is 2.38 bits per heavy atom. The zero-order valence-electron chi connectivity index (χ0n) is 28.0. The van der Waals surface area contributed by atoms with Gasteiger partial charge in [-0.15, -0.1) is 0 Å². The van der Waals surface area contributed by atoms with Gasteiger partial charge in [0.1, 0.15) is 11.9 Å². The van der Waals surface area contributed by atoms with E-state index in [1.165, 1.54) is 23.5 Å². The highest BCUT2D eigenvalue weighted by Crippen LogP contribution is 2.34. The minimum absolute atomic E-state index is 0.0294. The number of nitrogens with zero attached hydrogens (tertiary/aromatic N) is 1. The number of methoxy groups -OCH3 is 1. The average molecular weight is 696 g/mol. The van der Waals surface area contributed by atoms with Crippen molar-refractivity contribution in [2.45, 2.75) is 62.7 Å². The highest BCUT2D eigenvalue weighted by atomic mass is 32.2. The lowest BCUT2D eigenvalue weighted by atomic mass is 10.00. The molecule has 2 aliphatic rings. The molecule has 2 aromatic rings. The molecule has 262 valence electrons. The predicted octanol–water partition coefficient (Wildman–Crippen LogP) is 3.51. The zero-order valence-corrected chi connectivity index (χ0v) is 29.7. The van der Waals surface area contributed by atoms with Crippen molar-refractivity contribution >= 4 is 23.3 Å². The van der Waals surface area contributed by atoms with E-state index in [2.05, 4.69) is 10.6 Å². The fourth-order valence-electron chi connectivity index (χ4n) is 5.69. The molecule has 2 heterocycles. The van der Waals surface area contributed by atoms with Crippen LogP contribution in [0.5, 0.6) is 5.75 Å². The van der Waals surface area contributed by atoms with Crippen LogP contribution >= 0.6 is 7.14 Å². The highest BCUT2D eigenvalue weighted by Gasteiger charge is 2.44. The quantitative estimate of drug-likeness (QED) is 0.166. The number of nitrogens with one attached hydrogen (secondary N) is 2. The van der Waals surface area contributed by atoms with E-state index in [0.717, 1.165) is 17.5 Å². The Labute approximate surface area is 278 Å². The maximum absolute atomic E-state index is 13.8. The molecule has 0 aromatic heterocycles. The summed E-state index contributed by atoms with van der Waals surface area (Å²) < 4.78 is 62.8. The Hall–Kier alpha value is -2.51. The minimum atomic E-state index is -3.99. The van der Waals surface area contributed by atoms with Crippen LogP contribution < -0.4 is 15.4 Å². The molecule has 2 aromatic carbocycles. The second kappa shape index (κ2) is 16.7. The first-order valence-electron chi connectivity index (χ1n) is 16.1. The van der Waals surface area contributed by atoms with Crippen LogP contribution in [0.4, 0.5) is 4.79 Å². The molecule has 14 heteroatoms. The standard InChI is InChI=1S/C33H50N3O9PS/c1-23(2)20-36(47(40,41)27-12-10-26(42-3)11-13-27)21-30(37)29(35-33(38)45-31-22-44-32-28(31)14-16-43-32)18-24-6-8-25(9-7-24)19-34-15-17-46(4,5)39/h6-13,23,28-32,34,37H,14-22H2,1-5H3,(H,35,38)/t28-,29-,30+,31-,32+/m0/s1. The number of carbonyl (C=O) groups is 1. The minimum Gasteiger partial charge on any atom is -0.497 e. The molecule has 2 aliphatic heterocycles. The summed E-state index contributed by atoms with van der Waals surface area (Å²) in [5.41, 5.74) is 1.87. The third-order valence-corrected chi connectivity index (χ3v) is 11.4. The van der Waals surface area contributed by atoms with E-state index in [4.69, 9.17) is 18.9 Å². The molecule has 2 fully saturated rings. The molecule has 0 unspecified atom stereocenters. The van der Waals surface area contributed by atoms with Crippen LogP contribution in [-0.2, 0) is 41.8 Å². The summed E-state index contributed by atoms with van der Waals surface area (Å²) in [6.45, 7) is 9.29. The van der Waals surface area contributed by atoms with E-state index in [0.29, 0.717) is 31.6 Å². The Morgan fingerprint density at radius 2 is 1.74 bits per heavy atom. The Morgan fingerprint density at radius 1 is 1.06 bits per heavy atom. The molecule has 47 heavy (non-hydrogen) atoms. The lowest BCUT2D eigenvalue weighted by Gasteiger charge is -2.31. The summed E-state index contributed by atoms with van der Waals surface area (Å²) in [7, 11) is -4.57. The van der Waals surface area contributed by atoms with Gasteiger partial charge in [0.15, 0.2) is 6.29 Å². The zero-order chi connectivity index (χ0) is 34.2. The number of fused-ring (bicyclic) bond motifs is 1.